The number of benzene rings is 2. The highest BCUT2D eigenvalue weighted by Crippen LogP contribution is 2.29. The van der Waals surface area contributed by atoms with Crippen molar-refractivity contribution in [3.8, 4) is 0 Å². The zero-order chi connectivity index (χ0) is 21.1. The molecule has 0 bridgehead atoms. The molecule has 1 atom stereocenters. The molecule has 0 spiro atoms. The summed E-state index contributed by atoms with van der Waals surface area (Å²) in [5.41, 5.74) is 1.35. The Morgan fingerprint density at radius 2 is 2.10 bits per heavy atom. The minimum atomic E-state index is -3.76. The van der Waals surface area contributed by atoms with E-state index in [2.05, 4.69) is 19.9 Å². The minimum absolute atomic E-state index is 0.0702. The van der Waals surface area contributed by atoms with Crippen molar-refractivity contribution in [1.29, 1.82) is 0 Å². The van der Waals surface area contributed by atoms with Crippen LogP contribution in [0.3, 0.4) is 0 Å². The van der Waals surface area contributed by atoms with Gasteiger partial charge in [-0.2, -0.15) is 0 Å². The summed E-state index contributed by atoms with van der Waals surface area (Å²) in [5, 5.41) is 5.68. The summed E-state index contributed by atoms with van der Waals surface area (Å²) in [6.07, 6.45) is 2.41. The van der Waals surface area contributed by atoms with Gasteiger partial charge in [0, 0.05) is 42.8 Å². The Bertz CT molecular complexity index is 1130. The van der Waals surface area contributed by atoms with Crippen molar-refractivity contribution >= 4 is 43.8 Å². The first-order chi connectivity index (χ1) is 14.4. The molecule has 30 heavy (non-hydrogen) atoms. The number of sulfonamides is 1. The summed E-state index contributed by atoms with van der Waals surface area (Å²) in [4.78, 5) is 6.18. The van der Waals surface area contributed by atoms with Gasteiger partial charge in [0.25, 0.3) is 10.0 Å². The third-order valence-electron chi connectivity index (χ3n) is 4.89. The maximum absolute atomic E-state index is 13.9. The number of anilines is 2. The second-order valence-electron chi connectivity index (χ2n) is 7.04. The summed E-state index contributed by atoms with van der Waals surface area (Å²) in [5.74, 6) is -0.194. The number of thiazole rings is 1. The van der Waals surface area contributed by atoms with Crippen molar-refractivity contribution in [2.75, 3.05) is 23.1 Å². The quantitative estimate of drug-likeness (QED) is 0.539. The van der Waals surface area contributed by atoms with Crippen LogP contribution in [0, 0.1) is 5.82 Å². The van der Waals surface area contributed by atoms with Crippen LogP contribution in [-0.2, 0) is 16.6 Å². The highest BCUT2D eigenvalue weighted by atomic mass is 35.5. The first-order valence-corrected chi connectivity index (χ1v) is 12.1. The Morgan fingerprint density at radius 1 is 1.27 bits per heavy atom. The van der Waals surface area contributed by atoms with E-state index in [1.54, 1.807) is 23.6 Å². The molecule has 10 heteroatoms. The zero-order valence-electron chi connectivity index (χ0n) is 15.9. The van der Waals surface area contributed by atoms with Gasteiger partial charge in [0.1, 0.15) is 5.82 Å². The molecule has 0 saturated carbocycles. The molecule has 0 amide bonds. The van der Waals surface area contributed by atoms with E-state index in [1.165, 1.54) is 35.7 Å². The molecule has 2 aromatic carbocycles. The normalized spacial score (nSPS) is 17.2. The van der Waals surface area contributed by atoms with E-state index in [9.17, 15) is 12.8 Å². The third-order valence-corrected chi connectivity index (χ3v) is 7.36. The SMILES string of the molecule is O=S(=O)(Nc1nccs1)c1ccc(N[C@@H]2CCN(Cc3ccccc3F)C2)c(Cl)c1. The van der Waals surface area contributed by atoms with Gasteiger partial charge < -0.3 is 5.32 Å². The fraction of sp³-hybridized carbons (Fsp3) is 0.250. The lowest BCUT2D eigenvalue weighted by molar-refractivity contribution is 0.323. The number of likely N-dealkylation sites (tertiary alicyclic amines) is 1. The Kier molecular flexibility index (Phi) is 6.24. The predicted molar refractivity (Wildman–Crippen MR) is 118 cm³/mol. The van der Waals surface area contributed by atoms with Gasteiger partial charge in [0.2, 0.25) is 0 Å². The van der Waals surface area contributed by atoms with Gasteiger partial charge >= 0.3 is 0 Å². The van der Waals surface area contributed by atoms with Crippen LogP contribution < -0.4 is 10.0 Å². The molecule has 0 radical (unpaired) electrons. The highest BCUT2D eigenvalue weighted by Gasteiger charge is 2.24. The number of hydrogen-bond acceptors (Lipinski definition) is 6. The molecule has 2 N–H and O–H groups in total. The van der Waals surface area contributed by atoms with Crippen molar-refractivity contribution in [2.45, 2.75) is 23.9 Å². The van der Waals surface area contributed by atoms with Crippen molar-refractivity contribution < 1.29 is 12.8 Å². The summed E-state index contributed by atoms with van der Waals surface area (Å²) < 4.78 is 41.3. The van der Waals surface area contributed by atoms with Gasteiger partial charge in [0.05, 0.1) is 15.6 Å². The summed E-state index contributed by atoms with van der Waals surface area (Å²) >= 11 is 7.55. The number of hydrogen-bond donors (Lipinski definition) is 2. The summed E-state index contributed by atoms with van der Waals surface area (Å²) in [6, 6.07) is 11.5. The molecule has 0 aliphatic carbocycles. The predicted octanol–water partition coefficient (Wildman–Crippen LogP) is 4.42. The van der Waals surface area contributed by atoms with E-state index in [4.69, 9.17) is 11.6 Å². The van der Waals surface area contributed by atoms with E-state index in [0.29, 0.717) is 27.9 Å². The molecule has 6 nitrogen and oxygen atoms in total. The van der Waals surface area contributed by atoms with Gasteiger partial charge in [-0.1, -0.05) is 29.8 Å². The first-order valence-electron chi connectivity index (χ1n) is 9.35. The smallest absolute Gasteiger partial charge is 0.263 e. The Hall–Kier alpha value is -2.20. The molecule has 3 aromatic rings. The van der Waals surface area contributed by atoms with Gasteiger partial charge in [-0.05, 0) is 30.7 Å². The fourth-order valence-corrected chi connectivity index (χ4v) is 5.52. The number of aromatic nitrogens is 1. The largest absolute Gasteiger partial charge is 0.380 e. The maximum atomic E-state index is 13.9. The van der Waals surface area contributed by atoms with Crippen molar-refractivity contribution in [2.24, 2.45) is 0 Å². The second kappa shape index (κ2) is 8.89. The molecule has 1 fully saturated rings. The molecule has 158 valence electrons. The van der Waals surface area contributed by atoms with Crippen LogP contribution in [0.4, 0.5) is 15.2 Å². The molecule has 1 aromatic heterocycles. The fourth-order valence-electron chi connectivity index (χ4n) is 3.41. The van der Waals surface area contributed by atoms with Crippen molar-refractivity contribution in [3.63, 3.8) is 0 Å². The molecule has 2 heterocycles. The van der Waals surface area contributed by atoms with Crippen LogP contribution in [0.2, 0.25) is 5.02 Å². The van der Waals surface area contributed by atoms with Crippen LogP contribution >= 0.6 is 22.9 Å². The maximum Gasteiger partial charge on any atom is 0.263 e. The van der Waals surface area contributed by atoms with Gasteiger partial charge in [-0.15, -0.1) is 11.3 Å². The summed E-state index contributed by atoms with van der Waals surface area (Å²) in [7, 11) is -3.76. The van der Waals surface area contributed by atoms with Crippen LogP contribution in [0.25, 0.3) is 0 Å². The molecular formula is C20H20ClFN4O2S2. The summed E-state index contributed by atoms with van der Waals surface area (Å²) in [6.45, 7) is 2.14. The molecule has 1 aliphatic rings. The second-order valence-corrected chi connectivity index (χ2v) is 10.0. The van der Waals surface area contributed by atoms with E-state index in [-0.39, 0.29) is 16.8 Å². The third kappa shape index (κ3) is 4.92. The van der Waals surface area contributed by atoms with E-state index >= 15 is 0 Å². The Labute approximate surface area is 183 Å². The molecular weight excluding hydrogens is 447 g/mol. The lowest BCUT2D eigenvalue weighted by Crippen LogP contribution is -2.26. The van der Waals surface area contributed by atoms with Crippen molar-refractivity contribution in [3.05, 3.63) is 70.4 Å². The monoisotopic (exact) mass is 466 g/mol. The number of nitrogens with zero attached hydrogens (tertiary/aromatic N) is 2. The zero-order valence-corrected chi connectivity index (χ0v) is 18.3. The van der Waals surface area contributed by atoms with Crippen LogP contribution in [0.15, 0.2) is 58.9 Å². The average molecular weight is 467 g/mol. The number of rotatable bonds is 7. The lowest BCUT2D eigenvalue weighted by Gasteiger charge is -2.18. The average Bonchev–Trinajstić information content (AvgIpc) is 3.37. The standard InChI is InChI=1S/C20H20ClFN4O2S2/c21-17-11-16(30(27,28)25-20-23-8-10-29-20)5-6-19(17)24-15-7-9-26(13-15)12-14-3-1-2-4-18(14)22/h1-6,8,10-11,15,24H,7,9,12-13H2,(H,23,25)/t15-/m1/s1. The van der Waals surface area contributed by atoms with E-state index in [0.717, 1.165) is 19.5 Å². The molecule has 1 saturated heterocycles. The van der Waals surface area contributed by atoms with Crippen LogP contribution in [-0.4, -0.2) is 37.4 Å². The van der Waals surface area contributed by atoms with Crippen LogP contribution in [0.5, 0.6) is 0 Å². The van der Waals surface area contributed by atoms with Gasteiger partial charge in [-0.3, -0.25) is 9.62 Å². The van der Waals surface area contributed by atoms with E-state index < -0.39 is 10.0 Å². The van der Waals surface area contributed by atoms with Crippen LogP contribution in [0.1, 0.15) is 12.0 Å². The van der Waals surface area contributed by atoms with Gasteiger partial charge in [0.15, 0.2) is 5.13 Å². The Balaban J connectivity index is 1.39. The Morgan fingerprint density at radius 3 is 2.83 bits per heavy atom. The lowest BCUT2D eigenvalue weighted by atomic mass is 10.2. The van der Waals surface area contributed by atoms with Crippen molar-refractivity contribution in [1.82, 2.24) is 9.88 Å². The number of nitrogens with one attached hydrogen (secondary N) is 2. The first kappa shape index (κ1) is 21.0. The topological polar surface area (TPSA) is 74.3 Å². The highest BCUT2D eigenvalue weighted by molar-refractivity contribution is 7.93. The molecule has 4 rings (SSSR count). The molecule has 1 aliphatic heterocycles. The number of halogens is 2. The van der Waals surface area contributed by atoms with E-state index in [1.807, 2.05) is 6.07 Å². The molecule has 0 unspecified atom stereocenters. The van der Waals surface area contributed by atoms with Gasteiger partial charge in [-0.25, -0.2) is 17.8 Å². The minimum Gasteiger partial charge on any atom is -0.380 e.